The molecule has 4 heteroatoms. The molecule has 2 heterocycles. The van der Waals surface area contributed by atoms with Crippen molar-refractivity contribution in [3.63, 3.8) is 0 Å². The van der Waals surface area contributed by atoms with Gasteiger partial charge in [-0.15, -0.1) is 0 Å². The number of nitrogens with zero attached hydrogens (tertiary/aromatic N) is 1. The van der Waals surface area contributed by atoms with E-state index in [-0.39, 0.29) is 18.6 Å². The van der Waals surface area contributed by atoms with Gasteiger partial charge in [0, 0.05) is 0 Å². The number of fused-ring (bicyclic) bond motifs is 1. The van der Waals surface area contributed by atoms with Crippen molar-refractivity contribution in [1.29, 1.82) is 0 Å². The summed E-state index contributed by atoms with van der Waals surface area (Å²) in [6.45, 7) is 3.94. The van der Waals surface area contributed by atoms with Gasteiger partial charge in [-0.1, -0.05) is 12.5 Å². The predicted octanol–water partition coefficient (Wildman–Crippen LogP) is 2.53. The zero-order valence-electron chi connectivity index (χ0n) is 11.2. The van der Waals surface area contributed by atoms with E-state index in [4.69, 9.17) is 9.47 Å². The first kappa shape index (κ1) is 12.5. The molecule has 19 heavy (non-hydrogen) atoms. The second-order valence-corrected chi connectivity index (χ2v) is 5.22. The fourth-order valence-corrected chi connectivity index (χ4v) is 2.96. The van der Waals surface area contributed by atoms with Crippen molar-refractivity contribution in [2.75, 3.05) is 19.9 Å². The maximum Gasteiger partial charge on any atom is 0.231 e. The molecule has 0 aromatic heterocycles. The largest absolute Gasteiger partial charge is 0.454 e. The monoisotopic (exact) mass is 261 g/mol. The lowest BCUT2D eigenvalue weighted by molar-refractivity contribution is -0.122. The molecule has 0 aliphatic carbocycles. The molecule has 3 rings (SSSR count). The van der Waals surface area contributed by atoms with E-state index >= 15 is 0 Å². The number of ether oxygens (including phenoxy) is 2. The minimum Gasteiger partial charge on any atom is -0.454 e. The van der Waals surface area contributed by atoms with E-state index in [9.17, 15) is 4.79 Å². The highest BCUT2D eigenvalue weighted by molar-refractivity contribution is 5.83. The average Bonchev–Trinajstić information content (AvgIpc) is 2.87. The molecule has 1 fully saturated rings. The van der Waals surface area contributed by atoms with Gasteiger partial charge in [-0.2, -0.15) is 0 Å². The molecule has 1 saturated heterocycles. The lowest BCUT2D eigenvalue weighted by Crippen LogP contribution is -2.37. The van der Waals surface area contributed by atoms with Crippen LogP contribution in [0.25, 0.3) is 0 Å². The molecule has 0 spiro atoms. The molecule has 0 bridgehead atoms. The Kier molecular flexibility index (Phi) is 3.42. The zero-order chi connectivity index (χ0) is 13.2. The number of hydrogen-bond acceptors (Lipinski definition) is 4. The Morgan fingerprint density at radius 2 is 1.89 bits per heavy atom. The van der Waals surface area contributed by atoms with E-state index in [1.807, 2.05) is 18.2 Å². The van der Waals surface area contributed by atoms with Crippen LogP contribution in [-0.4, -0.2) is 30.6 Å². The third kappa shape index (κ3) is 2.45. The lowest BCUT2D eigenvalue weighted by atomic mass is 9.98. The average molecular weight is 261 g/mol. The maximum absolute atomic E-state index is 12.0. The van der Waals surface area contributed by atoms with Gasteiger partial charge in [-0.3, -0.25) is 9.69 Å². The molecule has 1 aromatic carbocycles. The number of rotatable bonds is 3. The molecule has 4 nitrogen and oxygen atoms in total. The van der Waals surface area contributed by atoms with Crippen LogP contribution in [-0.2, 0) is 4.79 Å². The molecule has 1 unspecified atom stereocenters. The lowest BCUT2D eigenvalue weighted by Gasteiger charge is -2.33. The van der Waals surface area contributed by atoms with Crippen molar-refractivity contribution >= 4 is 5.78 Å². The summed E-state index contributed by atoms with van der Waals surface area (Å²) >= 11 is 0. The first-order chi connectivity index (χ1) is 9.25. The zero-order valence-corrected chi connectivity index (χ0v) is 11.2. The first-order valence-corrected chi connectivity index (χ1v) is 6.90. The van der Waals surface area contributed by atoms with Crippen LogP contribution >= 0.6 is 0 Å². The van der Waals surface area contributed by atoms with Crippen molar-refractivity contribution in [1.82, 2.24) is 4.90 Å². The SMILES string of the molecule is CC(=O)C(c1ccc2c(c1)OCO2)N1CCCCC1. The van der Waals surface area contributed by atoms with Crippen molar-refractivity contribution in [2.24, 2.45) is 0 Å². The van der Waals surface area contributed by atoms with Crippen LogP contribution in [0, 0.1) is 0 Å². The standard InChI is InChI=1S/C15H19NO3/c1-11(17)15(16-7-3-2-4-8-16)12-5-6-13-14(9-12)19-10-18-13/h5-6,9,15H,2-4,7-8,10H2,1H3. The van der Waals surface area contributed by atoms with Crippen molar-refractivity contribution < 1.29 is 14.3 Å². The summed E-state index contributed by atoms with van der Waals surface area (Å²) in [7, 11) is 0. The topological polar surface area (TPSA) is 38.8 Å². The molecule has 1 aromatic rings. The van der Waals surface area contributed by atoms with Gasteiger partial charge in [-0.05, 0) is 50.6 Å². The summed E-state index contributed by atoms with van der Waals surface area (Å²) in [5.41, 5.74) is 1.01. The molecule has 1 atom stereocenters. The van der Waals surface area contributed by atoms with Gasteiger partial charge in [0.25, 0.3) is 0 Å². The molecular formula is C15H19NO3. The van der Waals surface area contributed by atoms with Gasteiger partial charge < -0.3 is 9.47 Å². The molecular weight excluding hydrogens is 242 g/mol. The van der Waals surface area contributed by atoms with Crippen LogP contribution in [0.1, 0.15) is 37.8 Å². The highest BCUT2D eigenvalue weighted by Gasteiger charge is 2.27. The summed E-state index contributed by atoms with van der Waals surface area (Å²) in [6.07, 6.45) is 3.62. The molecule has 2 aliphatic heterocycles. The highest BCUT2D eigenvalue weighted by Crippen LogP contribution is 2.36. The smallest absolute Gasteiger partial charge is 0.231 e. The van der Waals surface area contributed by atoms with Crippen molar-refractivity contribution in [3.05, 3.63) is 23.8 Å². The first-order valence-electron chi connectivity index (χ1n) is 6.90. The second-order valence-electron chi connectivity index (χ2n) is 5.22. The Morgan fingerprint density at radius 1 is 1.16 bits per heavy atom. The number of piperidine rings is 1. The normalized spacial score (nSPS) is 20.3. The van der Waals surface area contributed by atoms with Gasteiger partial charge in [0.2, 0.25) is 6.79 Å². The number of carbonyl (C=O) groups excluding carboxylic acids is 1. The molecule has 2 aliphatic rings. The number of benzene rings is 1. The van der Waals surface area contributed by atoms with E-state index in [0.29, 0.717) is 0 Å². The van der Waals surface area contributed by atoms with E-state index in [2.05, 4.69) is 4.90 Å². The van der Waals surface area contributed by atoms with Crippen LogP contribution < -0.4 is 9.47 Å². The van der Waals surface area contributed by atoms with Gasteiger partial charge in [0.15, 0.2) is 17.3 Å². The molecule has 0 radical (unpaired) electrons. The van der Waals surface area contributed by atoms with Crippen LogP contribution in [0.15, 0.2) is 18.2 Å². The van der Waals surface area contributed by atoms with Gasteiger partial charge in [0.05, 0.1) is 6.04 Å². The summed E-state index contributed by atoms with van der Waals surface area (Å²) in [4.78, 5) is 14.3. The summed E-state index contributed by atoms with van der Waals surface area (Å²) in [6, 6.07) is 5.68. The van der Waals surface area contributed by atoms with E-state index in [0.717, 1.165) is 30.2 Å². The molecule has 0 N–H and O–H groups in total. The summed E-state index contributed by atoms with van der Waals surface area (Å²) in [5, 5.41) is 0. The second kappa shape index (κ2) is 5.21. The van der Waals surface area contributed by atoms with Gasteiger partial charge >= 0.3 is 0 Å². The maximum atomic E-state index is 12.0. The fraction of sp³-hybridized carbons (Fsp3) is 0.533. The van der Waals surface area contributed by atoms with Crippen LogP contribution in [0.3, 0.4) is 0 Å². The van der Waals surface area contributed by atoms with Crippen molar-refractivity contribution in [2.45, 2.75) is 32.2 Å². The van der Waals surface area contributed by atoms with Crippen LogP contribution in [0.5, 0.6) is 11.5 Å². The minimum absolute atomic E-state index is 0.144. The quantitative estimate of drug-likeness (QED) is 0.838. The van der Waals surface area contributed by atoms with Crippen LogP contribution in [0.4, 0.5) is 0 Å². The Balaban J connectivity index is 1.89. The Hall–Kier alpha value is -1.55. The summed E-state index contributed by atoms with van der Waals surface area (Å²) in [5.74, 6) is 1.71. The number of carbonyl (C=O) groups is 1. The number of ketones is 1. The molecule has 0 saturated carbocycles. The van der Waals surface area contributed by atoms with E-state index in [1.54, 1.807) is 6.92 Å². The third-order valence-electron chi connectivity index (χ3n) is 3.85. The van der Waals surface area contributed by atoms with Crippen LogP contribution in [0.2, 0.25) is 0 Å². The van der Waals surface area contributed by atoms with Crippen molar-refractivity contribution in [3.8, 4) is 11.5 Å². The van der Waals surface area contributed by atoms with E-state index in [1.165, 1.54) is 19.3 Å². The number of Topliss-reactive ketones (excluding diaryl/α,β-unsaturated/α-hetero) is 1. The fourth-order valence-electron chi connectivity index (χ4n) is 2.96. The highest BCUT2D eigenvalue weighted by atomic mass is 16.7. The Bertz CT molecular complexity index is 480. The van der Waals surface area contributed by atoms with E-state index < -0.39 is 0 Å². The van der Waals surface area contributed by atoms with Gasteiger partial charge in [-0.25, -0.2) is 0 Å². The number of hydrogen-bond donors (Lipinski definition) is 0. The number of likely N-dealkylation sites (tertiary alicyclic amines) is 1. The van der Waals surface area contributed by atoms with Gasteiger partial charge in [0.1, 0.15) is 0 Å². The summed E-state index contributed by atoms with van der Waals surface area (Å²) < 4.78 is 10.7. The predicted molar refractivity (Wildman–Crippen MR) is 71.4 cm³/mol. The molecule has 0 amide bonds. The Morgan fingerprint density at radius 3 is 2.63 bits per heavy atom. The third-order valence-corrected chi connectivity index (χ3v) is 3.85. The Labute approximate surface area is 113 Å². The minimum atomic E-state index is -0.144. The molecule has 102 valence electrons.